The van der Waals surface area contributed by atoms with Gasteiger partial charge in [-0.3, -0.25) is 4.90 Å². The van der Waals surface area contributed by atoms with Gasteiger partial charge in [0.25, 0.3) is 0 Å². The van der Waals surface area contributed by atoms with Crippen LogP contribution in [-0.4, -0.2) is 48.8 Å². The van der Waals surface area contributed by atoms with Crippen molar-refractivity contribution in [1.82, 2.24) is 10.2 Å². The molecule has 100 valence electrons. The average molecular weight is 240 g/mol. The van der Waals surface area contributed by atoms with Gasteiger partial charge in [-0.25, -0.2) is 0 Å². The van der Waals surface area contributed by atoms with E-state index in [1.807, 2.05) is 0 Å². The van der Waals surface area contributed by atoms with Gasteiger partial charge in [0.1, 0.15) is 0 Å². The molecule has 17 heavy (non-hydrogen) atoms. The lowest BCUT2D eigenvalue weighted by Gasteiger charge is -2.45. The smallest absolute Gasteiger partial charge is 0.0703 e. The van der Waals surface area contributed by atoms with E-state index < -0.39 is 0 Å². The zero-order valence-electron chi connectivity index (χ0n) is 11.6. The first-order valence-corrected chi connectivity index (χ1v) is 7.37. The number of ether oxygens (including phenoxy) is 1. The lowest BCUT2D eigenvalue weighted by molar-refractivity contribution is -0.103. The number of rotatable bonds is 3. The summed E-state index contributed by atoms with van der Waals surface area (Å²) < 4.78 is 6.08. The highest BCUT2D eigenvalue weighted by Crippen LogP contribution is 2.23. The maximum Gasteiger partial charge on any atom is 0.0703 e. The SMILES string of the molecule is CCC1CN(C2CCCNC2C)CC(CC)O1. The molecule has 0 amide bonds. The van der Waals surface area contributed by atoms with Crippen molar-refractivity contribution in [2.24, 2.45) is 0 Å². The standard InChI is InChI=1S/C14H28N2O/c1-4-12-9-16(10-13(5-2)17-12)14-7-6-8-15-11(14)3/h11-15H,4-10H2,1-3H3. The molecule has 0 aromatic heterocycles. The predicted octanol–water partition coefficient (Wildman–Crippen LogP) is 2.02. The van der Waals surface area contributed by atoms with Crippen molar-refractivity contribution >= 4 is 0 Å². The van der Waals surface area contributed by atoms with Gasteiger partial charge in [-0.2, -0.15) is 0 Å². The first-order chi connectivity index (χ1) is 8.24. The van der Waals surface area contributed by atoms with Crippen LogP contribution in [0.5, 0.6) is 0 Å². The lowest BCUT2D eigenvalue weighted by atomic mass is 9.96. The van der Waals surface area contributed by atoms with Crippen molar-refractivity contribution in [1.29, 1.82) is 0 Å². The fraction of sp³-hybridized carbons (Fsp3) is 1.00. The van der Waals surface area contributed by atoms with Gasteiger partial charge >= 0.3 is 0 Å². The van der Waals surface area contributed by atoms with Gasteiger partial charge in [-0.1, -0.05) is 13.8 Å². The van der Waals surface area contributed by atoms with E-state index in [0.29, 0.717) is 18.2 Å². The van der Waals surface area contributed by atoms with E-state index in [1.54, 1.807) is 0 Å². The summed E-state index contributed by atoms with van der Waals surface area (Å²) in [5.74, 6) is 0. The Kier molecular flexibility index (Phi) is 4.83. The van der Waals surface area contributed by atoms with Crippen molar-refractivity contribution in [3.05, 3.63) is 0 Å². The molecule has 1 N–H and O–H groups in total. The number of nitrogens with zero attached hydrogens (tertiary/aromatic N) is 1. The summed E-state index contributed by atoms with van der Waals surface area (Å²) in [7, 11) is 0. The summed E-state index contributed by atoms with van der Waals surface area (Å²) in [5.41, 5.74) is 0. The van der Waals surface area contributed by atoms with Crippen molar-refractivity contribution < 1.29 is 4.74 Å². The van der Waals surface area contributed by atoms with Gasteiger partial charge in [0.15, 0.2) is 0 Å². The van der Waals surface area contributed by atoms with Gasteiger partial charge in [0.2, 0.25) is 0 Å². The maximum absolute atomic E-state index is 6.08. The molecular weight excluding hydrogens is 212 g/mol. The molecule has 2 aliphatic heterocycles. The zero-order chi connectivity index (χ0) is 12.3. The molecule has 0 radical (unpaired) electrons. The third-order valence-electron chi connectivity index (χ3n) is 4.36. The van der Waals surface area contributed by atoms with E-state index in [0.717, 1.165) is 32.0 Å². The van der Waals surface area contributed by atoms with E-state index in [4.69, 9.17) is 4.74 Å². The first-order valence-electron chi connectivity index (χ1n) is 7.37. The summed E-state index contributed by atoms with van der Waals surface area (Å²) >= 11 is 0. The largest absolute Gasteiger partial charge is 0.372 e. The number of hydrogen-bond acceptors (Lipinski definition) is 3. The zero-order valence-corrected chi connectivity index (χ0v) is 11.6. The normalized spacial score (nSPS) is 40.4. The number of nitrogens with one attached hydrogen (secondary N) is 1. The van der Waals surface area contributed by atoms with Crippen molar-refractivity contribution in [3.8, 4) is 0 Å². The highest BCUT2D eigenvalue weighted by Gasteiger charge is 2.33. The maximum atomic E-state index is 6.08. The van der Waals surface area contributed by atoms with Crippen LogP contribution in [0.3, 0.4) is 0 Å². The molecule has 2 rings (SSSR count). The Morgan fingerprint density at radius 2 is 1.82 bits per heavy atom. The molecule has 2 aliphatic rings. The van der Waals surface area contributed by atoms with Crippen LogP contribution in [0.25, 0.3) is 0 Å². The summed E-state index contributed by atoms with van der Waals surface area (Å²) in [6, 6.07) is 1.35. The molecule has 2 saturated heterocycles. The molecule has 2 fully saturated rings. The van der Waals surface area contributed by atoms with Crippen molar-refractivity contribution in [2.75, 3.05) is 19.6 Å². The van der Waals surface area contributed by atoms with Crippen LogP contribution in [0.2, 0.25) is 0 Å². The molecule has 0 bridgehead atoms. The van der Waals surface area contributed by atoms with E-state index >= 15 is 0 Å². The number of hydrogen-bond donors (Lipinski definition) is 1. The third-order valence-corrected chi connectivity index (χ3v) is 4.36. The second-order valence-electron chi connectivity index (χ2n) is 5.60. The molecule has 0 aromatic rings. The third kappa shape index (κ3) is 3.21. The second kappa shape index (κ2) is 6.17. The minimum absolute atomic E-state index is 0.447. The minimum atomic E-state index is 0.447. The fourth-order valence-corrected chi connectivity index (χ4v) is 3.20. The van der Waals surface area contributed by atoms with E-state index in [1.165, 1.54) is 19.4 Å². The van der Waals surface area contributed by atoms with Crippen LogP contribution in [0.1, 0.15) is 46.5 Å². The quantitative estimate of drug-likeness (QED) is 0.817. The molecule has 0 spiro atoms. The Balaban J connectivity index is 1.97. The van der Waals surface area contributed by atoms with Gasteiger partial charge in [-0.15, -0.1) is 0 Å². The minimum Gasteiger partial charge on any atom is -0.372 e. The Morgan fingerprint density at radius 1 is 1.18 bits per heavy atom. The van der Waals surface area contributed by atoms with Gasteiger partial charge in [0, 0.05) is 25.2 Å². The van der Waals surface area contributed by atoms with Crippen LogP contribution in [0.15, 0.2) is 0 Å². The highest BCUT2D eigenvalue weighted by molar-refractivity contribution is 4.89. The highest BCUT2D eigenvalue weighted by atomic mass is 16.5. The summed E-state index contributed by atoms with van der Waals surface area (Å²) in [6.07, 6.45) is 5.84. The van der Waals surface area contributed by atoms with Gasteiger partial charge < -0.3 is 10.1 Å². The summed E-state index contributed by atoms with van der Waals surface area (Å²) in [6.45, 7) is 10.3. The predicted molar refractivity (Wildman–Crippen MR) is 71.3 cm³/mol. The Morgan fingerprint density at radius 3 is 2.35 bits per heavy atom. The molecule has 2 heterocycles. The van der Waals surface area contributed by atoms with Crippen LogP contribution in [0, 0.1) is 0 Å². The van der Waals surface area contributed by atoms with E-state index in [2.05, 4.69) is 31.0 Å². The van der Waals surface area contributed by atoms with E-state index in [-0.39, 0.29) is 0 Å². The molecular formula is C14H28N2O. The Labute approximate surface area is 106 Å². The Hall–Kier alpha value is -0.120. The van der Waals surface area contributed by atoms with Crippen LogP contribution in [-0.2, 0) is 4.74 Å². The molecule has 4 unspecified atom stereocenters. The topological polar surface area (TPSA) is 24.5 Å². The van der Waals surface area contributed by atoms with E-state index in [9.17, 15) is 0 Å². The van der Waals surface area contributed by atoms with Crippen molar-refractivity contribution in [3.63, 3.8) is 0 Å². The molecule has 3 heteroatoms. The van der Waals surface area contributed by atoms with Gasteiger partial charge in [-0.05, 0) is 39.2 Å². The summed E-state index contributed by atoms with van der Waals surface area (Å²) in [5, 5.41) is 3.61. The molecule has 4 atom stereocenters. The van der Waals surface area contributed by atoms with Crippen LogP contribution >= 0.6 is 0 Å². The number of piperidine rings is 1. The molecule has 0 saturated carbocycles. The first kappa shape index (κ1) is 13.3. The van der Waals surface area contributed by atoms with Crippen molar-refractivity contribution in [2.45, 2.75) is 70.7 Å². The molecule has 3 nitrogen and oxygen atoms in total. The average Bonchev–Trinajstić information content (AvgIpc) is 2.38. The monoisotopic (exact) mass is 240 g/mol. The van der Waals surface area contributed by atoms with Crippen LogP contribution < -0.4 is 5.32 Å². The van der Waals surface area contributed by atoms with Crippen LogP contribution in [0.4, 0.5) is 0 Å². The molecule has 0 aliphatic carbocycles. The summed E-state index contributed by atoms with van der Waals surface area (Å²) in [4.78, 5) is 2.68. The second-order valence-corrected chi connectivity index (χ2v) is 5.60. The number of morpholine rings is 1. The molecule has 0 aromatic carbocycles. The van der Waals surface area contributed by atoms with Gasteiger partial charge in [0.05, 0.1) is 12.2 Å². The Bertz CT molecular complexity index is 222. The lowest BCUT2D eigenvalue weighted by Crippen LogP contribution is -2.58. The fourth-order valence-electron chi connectivity index (χ4n) is 3.20.